The Morgan fingerprint density at radius 3 is 2.24 bits per heavy atom. The van der Waals surface area contributed by atoms with E-state index in [-0.39, 0.29) is 0 Å². The molecule has 1 nitrogen and oxygen atoms in total. The van der Waals surface area contributed by atoms with Gasteiger partial charge in [-0.2, -0.15) is 0 Å². The third-order valence-electron chi connectivity index (χ3n) is 4.15. The Morgan fingerprint density at radius 1 is 1.06 bits per heavy atom. The van der Waals surface area contributed by atoms with E-state index in [1.54, 1.807) is 0 Å². The van der Waals surface area contributed by atoms with E-state index in [4.69, 9.17) is 0 Å². The number of anilines is 1. The normalized spacial score (nSPS) is 20.0. The van der Waals surface area contributed by atoms with Crippen molar-refractivity contribution in [1.29, 1.82) is 0 Å². The van der Waals surface area contributed by atoms with E-state index in [1.807, 2.05) is 0 Å². The molecule has 0 radical (unpaired) electrons. The van der Waals surface area contributed by atoms with Gasteiger partial charge in [0.15, 0.2) is 0 Å². The summed E-state index contributed by atoms with van der Waals surface area (Å²) < 4.78 is 0. The molecule has 0 aliphatic heterocycles. The van der Waals surface area contributed by atoms with Crippen LogP contribution in [-0.4, -0.2) is 6.04 Å². The first kappa shape index (κ1) is 11.1. The molecule has 0 bridgehead atoms. The Bertz CT molecular complexity index is 376. The predicted molar refractivity (Wildman–Crippen MR) is 73.4 cm³/mol. The summed E-state index contributed by atoms with van der Waals surface area (Å²) in [7, 11) is 0. The highest BCUT2D eigenvalue weighted by Crippen LogP contribution is 2.45. The highest BCUT2D eigenvalue weighted by atomic mass is 15.0. The molecule has 1 N–H and O–H groups in total. The minimum atomic E-state index is 0.622. The zero-order valence-electron chi connectivity index (χ0n) is 10.9. The van der Waals surface area contributed by atoms with Gasteiger partial charge in [0.25, 0.3) is 0 Å². The first-order valence-electron chi connectivity index (χ1n) is 7.10. The third-order valence-corrected chi connectivity index (χ3v) is 4.15. The molecule has 1 aromatic rings. The summed E-state index contributed by atoms with van der Waals surface area (Å²) in [6.45, 7) is 4.52. The van der Waals surface area contributed by atoms with E-state index < -0.39 is 0 Å². The van der Waals surface area contributed by atoms with Crippen molar-refractivity contribution in [3.63, 3.8) is 0 Å². The van der Waals surface area contributed by atoms with Crippen molar-refractivity contribution in [3.8, 4) is 0 Å². The molecule has 1 heteroatoms. The molecule has 2 fully saturated rings. The average Bonchev–Trinajstić information content (AvgIpc) is 3.16. The highest BCUT2D eigenvalue weighted by molar-refractivity contribution is 5.48. The van der Waals surface area contributed by atoms with Crippen molar-refractivity contribution in [2.75, 3.05) is 5.32 Å². The average molecular weight is 229 g/mol. The van der Waals surface area contributed by atoms with Crippen LogP contribution in [0.1, 0.15) is 51.0 Å². The summed E-state index contributed by atoms with van der Waals surface area (Å²) in [6, 6.07) is 9.75. The third kappa shape index (κ3) is 2.65. The first-order valence-corrected chi connectivity index (χ1v) is 7.10. The Hall–Kier alpha value is -0.980. The zero-order chi connectivity index (χ0) is 11.8. The van der Waals surface area contributed by atoms with Gasteiger partial charge in [-0.15, -0.1) is 0 Å². The van der Waals surface area contributed by atoms with Crippen molar-refractivity contribution in [2.24, 2.45) is 11.8 Å². The Kier molecular flexibility index (Phi) is 2.85. The van der Waals surface area contributed by atoms with Crippen LogP contribution in [0, 0.1) is 11.8 Å². The van der Waals surface area contributed by atoms with Crippen molar-refractivity contribution in [3.05, 3.63) is 29.8 Å². The molecule has 3 rings (SSSR count). The van der Waals surface area contributed by atoms with Crippen LogP contribution in [0.5, 0.6) is 0 Å². The minimum absolute atomic E-state index is 0.622. The summed E-state index contributed by atoms with van der Waals surface area (Å²) in [4.78, 5) is 0. The lowest BCUT2D eigenvalue weighted by atomic mass is 10.0. The summed E-state index contributed by atoms with van der Waals surface area (Å²) in [5, 5.41) is 3.80. The van der Waals surface area contributed by atoms with Gasteiger partial charge in [-0.05, 0) is 61.1 Å². The molecular weight excluding hydrogens is 206 g/mol. The van der Waals surface area contributed by atoms with Crippen LogP contribution in [-0.2, 0) is 0 Å². The molecule has 1 aromatic carbocycles. The molecule has 17 heavy (non-hydrogen) atoms. The van der Waals surface area contributed by atoms with Gasteiger partial charge in [0.1, 0.15) is 0 Å². The molecule has 0 spiro atoms. The largest absolute Gasteiger partial charge is 0.382 e. The fourth-order valence-corrected chi connectivity index (χ4v) is 2.71. The molecule has 0 saturated heterocycles. The van der Waals surface area contributed by atoms with Crippen molar-refractivity contribution >= 4 is 5.69 Å². The van der Waals surface area contributed by atoms with Gasteiger partial charge in [0.05, 0.1) is 0 Å². The van der Waals surface area contributed by atoms with E-state index in [9.17, 15) is 0 Å². The summed E-state index contributed by atoms with van der Waals surface area (Å²) in [5.41, 5.74) is 2.78. The van der Waals surface area contributed by atoms with E-state index in [0.717, 1.165) is 17.9 Å². The molecule has 92 valence electrons. The SMILES string of the molecule is CC(C)c1cccc(NC(C2CC2)C2CC2)c1. The topological polar surface area (TPSA) is 12.0 Å². The summed E-state index contributed by atoms with van der Waals surface area (Å²) in [6.07, 6.45) is 5.77. The maximum absolute atomic E-state index is 3.80. The summed E-state index contributed by atoms with van der Waals surface area (Å²) in [5.74, 6) is 2.55. The van der Waals surface area contributed by atoms with Crippen LogP contribution in [0.2, 0.25) is 0 Å². The fraction of sp³-hybridized carbons (Fsp3) is 0.625. The van der Waals surface area contributed by atoms with Crippen LogP contribution in [0.3, 0.4) is 0 Å². The Labute approximate surface area is 105 Å². The predicted octanol–water partition coefficient (Wildman–Crippen LogP) is 4.41. The van der Waals surface area contributed by atoms with E-state index >= 15 is 0 Å². The maximum atomic E-state index is 3.80. The molecular formula is C16H23N. The zero-order valence-corrected chi connectivity index (χ0v) is 10.9. The van der Waals surface area contributed by atoms with Crippen LogP contribution in [0.4, 0.5) is 5.69 Å². The van der Waals surface area contributed by atoms with Crippen LogP contribution in [0.25, 0.3) is 0 Å². The molecule has 2 aliphatic carbocycles. The standard InChI is InChI=1S/C16H23N/c1-11(2)14-4-3-5-15(10-14)17-16(12-6-7-12)13-8-9-13/h3-5,10-13,16-17H,6-9H2,1-2H3. The molecule has 0 amide bonds. The quantitative estimate of drug-likeness (QED) is 0.788. The monoisotopic (exact) mass is 229 g/mol. The van der Waals surface area contributed by atoms with Crippen molar-refractivity contribution in [1.82, 2.24) is 0 Å². The lowest BCUT2D eigenvalue weighted by Gasteiger charge is -2.20. The molecule has 0 unspecified atom stereocenters. The van der Waals surface area contributed by atoms with E-state index in [1.165, 1.54) is 36.9 Å². The fourth-order valence-electron chi connectivity index (χ4n) is 2.71. The molecule has 2 saturated carbocycles. The second-order valence-electron chi connectivity index (χ2n) is 6.13. The highest BCUT2D eigenvalue weighted by Gasteiger charge is 2.41. The second kappa shape index (κ2) is 4.36. The van der Waals surface area contributed by atoms with Crippen molar-refractivity contribution in [2.45, 2.75) is 51.5 Å². The van der Waals surface area contributed by atoms with Crippen molar-refractivity contribution < 1.29 is 0 Å². The number of rotatable bonds is 5. The number of hydrogen-bond acceptors (Lipinski definition) is 1. The van der Waals surface area contributed by atoms with E-state index in [2.05, 4.69) is 43.4 Å². The Morgan fingerprint density at radius 2 is 1.71 bits per heavy atom. The molecule has 2 aliphatic rings. The maximum Gasteiger partial charge on any atom is 0.0345 e. The van der Waals surface area contributed by atoms with Gasteiger partial charge in [-0.3, -0.25) is 0 Å². The van der Waals surface area contributed by atoms with E-state index in [0.29, 0.717) is 5.92 Å². The van der Waals surface area contributed by atoms with Gasteiger partial charge in [0, 0.05) is 11.7 Å². The van der Waals surface area contributed by atoms with Crippen LogP contribution in [0.15, 0.2) is 24.3 Å². The lowest BCUT2D eigenvalue weighted by Crippen LogP contribution is -2.24. The smallest absolute Gasteiger partial charge is 0.0345 e. The Balaban J connectivity index is 1.72. The van der Waals surface area contributed by atoms with Gasteiger partial charge >= 0.3 is 0 Å². The molecule has 0 atom stereocenters. The lowest BCUT2D eigenvalue weighted by molar-refractivity contribution is 0.567. The van der Waals surface area contributed by atoms with Gasteiger partial charge < -0.3 is 5.32 Å². The number of hydrogen-bond donors (Lipinski definition) is 1. The first-order chi connectivity index (χ1) is 8.24. The number of benzene rings is 1. The van der Waals surface area contributed by atoms with Crippen LogP contribution >= 0.6 is 0 Å². The molecule has 0 aromatic heterocycles. The van der Waals surface area contributed by atoms with Crippen LogP contribution < -0.4 is 5.32 Å². The minimum Gasteiger partial charge on any atom is -0.382 e. The molecule has 0 heterocycles. The van der Waals surface area contributed by atoms with Gasteiger partial charge in [-0.25, -0.2) is 0 Å². The number of nitrogens with one attached hydrogen (secondary N) is 1. The summed E-state index contributed by atoms with van der Waals surface area (Å²) >= 11 is 0. The van der Waals surface area contributed by atoms with Gasteiger partial charge in [0.2, 0.25) is 0 Å². The second-order valence-corrected chi connectivity index (χ2v) is 6.13. The van der Waals surface area contributed by atoms with Gasteiger partial charge in [-0.1, -0.05) is 26.0 Å².